The Bertz CT molecular complexity index is 674. The summed E-state index contributed by atoms with van der Waals surface area (Å²) >= 11 is 0. The Hall–Kier alpha value is -1.64. The molecule has 0 aliphatic carbocycles. The fraction of sp³-hybridized carbons (Fsp3) is 0.417. The van der Waals surface area contributed by atoms with E-state index in [1.807, 2.05) is 6.92 Å². The SMILES string of the molecule is CNCc1cn[nH]c1S(=O)(=O)N(C)Cc1ccc(C)o1. The lowest BCUT2D eigenvalue weighted by Gasteiger charge is -2.15. The highest BCUT2D eigenvalue weighted by atomic mass is 32.2. The molecule has 0 atom stereocenters. The van der Waals surface area contributed by atoms with Crippen molar-refractivity contribution in [3.8, 4) is 0 Å². The smallest absolute Gasteiger partial charge is 0.260 e. The van der Waals surface area contributed by atoms with E-state index in [-0.39, 0.29) is 11.6 Å². The number of aromatic nitrogens is 2. The number of sulfonamides is 1. The average Bonchev–Trinajstić information content (AvgIpc) is 2.99. The molecule has 0 aliphatic heterocycles. The molecule has 0 fully saturated rings. The van der Waals surface area contributed by atoms with Crippen molar-refractivity contribution in [2.24, 2.45) is 0 Å². The van der Waals surface area contributed by atoms with Crippen LogP contribution < -0.4 is 5.32 Å². The van der Waals surface area contributed by atoms with E-state index >= 15 is 0 Å². The number of nitrogens with zero attached hydrogens (tertiary/aromatic N) is 2. The third kappa shape index (κ3) is 2.92. The van der Waals surface area contributed by atoms with Crippen molar-refractivity contribution in [2.45, 2.75) is 25.0 Å². The summed E-state index contributed by atoms with van der Waals surface area (Å²) in [5.41, 5.74) is 0.606. The zero-order chi connectivity index (χ0) is 14.8. The van der Waals surface area contributed by atoms with Crippen LogP contribution in [0.4, 0.5) is 0 Å². The van der Waals surface area contributed by atoms with Crippen LogP contribution in [0.5, 0.6) is 0 Å². The molecular formula is C12H18N4O3S. The molecule has 0 saturated carbocycles. The minimum Gasteiger partial charge on any atom is -0.465 e. The second-order valence-electron chi connectivity index (χ2n) is 4.53. The highest BCUT2D eigenvalue weighted by Gasteiger charge is 2.26. The van der Waals surface area contributed by atoms with E-state index in [4.69, 9.17) is 4.42 Å². The van der Waals surface area contributed by atoms with Crippen molar-refractivity contribution in [3.05, 3.63) is 35.4 Å². The molecule has 8 heteroatoms. The van der Waals surface area contributed by atoms with Gasteiger partial charge in [0.25, 0.3) is 10.0 Å². The molecule has 0 aromatic carbocycles. The second-order valence-corrected chi connectivity index (χ2v) is 6.51. The maximum atomic E-state index is 12.5. The predicted molar refractivity (Wildman–Crippen MR) is 73.4 cm³/mol. The highest BCUT2D eigenvalue weighted by Crippen LogP contribution is 2.19. The second kappa shape index (κ2) is 5.78. The third-order valence-electron chi connectivity index (χ3n) is 2.89. The van der Waals surface area contributed by atoms with Crippen LogP contribution in [0.3, 0.4) is 0 Å². The van der Waals surface area contributed by atoms with Gasteiger partial charge in [-0.15, -0.1) is 0 Å². The van der Waals surface area contributed by atoms with E-state index in [1.54, 1.807) is 19.2 Å². The molecule has 2 N–H and O–H groups in total. The number of hydrogen-bond donors (Lipinski definition) is 2. The standard InChI is InChI=1S/C12H18N4O3S/c1-9-4-5-11(19-9)8-16(3)20(17,18)12-10(6-13-2)7-14-15-12/h4-5,7,13H,6,8H2,1-3H3,(H,14,15). The first-order chi connectivity index (χ1) is 9.45. The normalized spacial score (nSPS) is 12.2. The molecule has 0 saturated heterocycles. The number of furan rings is 1. The highest BCUT2D eigenvalue weighted by molar-refractivity contribution is 7.89. The quantitative estimate of drug-likeness (QED) is 0.825. The number of aryl methyl sites for hydroxylation is 1. The molecule has 2 rings (SSSR count). The van der Waals surface area contributed by atoms with E-state index in [0.29, 0.717) is 17.9 Å². The van der Waals surface area contributed by atoms with E-state index in [2.05, 4.69) is 15.5 Å². The summed E-state index contributed by atoms with van der Waals surface area (Å²) in [6, 6.07) is 3.57. The van der Waals surface area contributed by atoms with Gasteiger partial charge in [-0.1, -0.05) is 0 Å². The van der Waals surface area contributed by atoms with Gasteiger partial charge >= 0.3 is 0 Å². The Morgan fingerprint density at radius 2 is 2.20 bits per heavy atom. The van der Waals surface area contributed by atoms with Crippen LogP contribution in [0.25, 0.3) is 0 Å². The van der Waals surface area contributed by atoms with Crippen LogP contribution in [-0.4, -0.2) is 37.0 Å². The number of nitrogens with one attached hydrogen (secondary N) is 2. The van der Waals surface area contributed by atoms with Crippen molar-refractivity contribution >= 4 is 10.0 Å². The summed E-state index contributed by atoms with van der Waals surface area (Å²) in [6.45, 7) is 2.42. The van der Waals surface area contributed by atoms with Crippen LogP contribution in [0.1, 0.15) is 17.1 Å². The van der Waals surface area contributed by atoms with Crippen LogP contribution in [-0.2, 0) is 23.1 Å². The van der Waals surface area contributed by atoms with Crippen molar-refractivity contribution in [1.29, 1.82) is 0 Å². The van der Waals surface area contributed by atoms with Gasteiger partial charge < -0.3 is 9.73 Å². The van der Waals surface area contributed by atoms with E-state index < -0.39 is 10.0 Å². The number of hydrogen-bond acceptors (Lipinski definition) is 5. The van der Waals surface area contributed by atoms with Gasteiger partial charge in [0, 0.05) is 19.2 Å². The maximum absolute atomic E-state index is 12.5. The van der Waals surface area contributed by atoms with Crippen molar-refractivity contribution in [1.82, 2.24) is 19.8 Å². The molecule has 2 aromatic rings. The summed E-state index contributed by atoms with van der Waals surface area (Å²) < 4.78 is 31.6. The summed E-state index contributed by atoms with van der Waals surface area (Å²) in [6.07, 6.45) is 1.51. The topological polar surface area (TPSA) is 91.2 Å². The molecule has 2 aromatic heterocycles. The molecule has 7 nitrogen and oxygen atoms in total. The summed E-state index contributed by atoms with van der Waals surface area (Å²) in [5.74, 6) is 1.35. The minimum atomic E-state index is -3.62. The molecule has 110 valence electrons. The van der Waals surface area contributed by atoms with Gasteiger partial charge in [-0.3, -0.25) is 5.10 Å². The monoisotopic (exact) mass is 298 g/mol. The van der Waals surface area contributed by atoms with Crippen molar-refractivity contribution in [3.63, 3.8) is 0 Å². The Kier molecular flexibility index (Phi) is 4.26. The van der Waals surface area contributed by atoms with Crippen molar-refractivity contribution < 1.29 is 12.8 Å². The first kappa shape index (κ1) is 14.8. The van der Waals surface area contributed by atoms with E-state index in [0.717, 1.165) is 5.76 Å². The maximum Gasteiger partial charge on any atom is 0.260 e. The molecule has 0 radical (unpaired) electrons. The predicted octanol–water partition coefficient (Wildman–Crippen LogP) is 0.851. The van der Waals surface area contributed by atoms with Gasteiger partial charge in [-0.05, 0) is 26.1 Å². The van der Waals surface area contributed by atoms with Gasteiger partial charge in [0.15, 0.2) is 5.03 Å². The van der Waals surface area contributed by atoms with E-state index in [1.165, 1.54) is 17.5 Å². The van der Waals surface area contributed by atoms with Crippen molar-refractivity contribution in [2.75, 3.05) is 14.1 Å². The van der Waals surface area contributed by atoms with Gasteiger partial charge in [-0.25, -0.2) is 8.42 Å². The average molecular weight is 298 g/mol. The first-order valence-electron chi connectivity index (χ1n) is 6.13. The molecule has 0 amide bonds. The zero-order valence-electron chi connectivity index (χ0n) is 11.7. The molecule has 0 spiro atoms. The van der Waals surface area contributed by atoms with Gasteiger partial charge in [0.05, 0.1) is 12.7 Å². The van der Waals surface area contributed by atoms with E-state index in [9.17, 15) is 8.42 Å². The fourth-order valence-electron chi connectivity index (χ4n) is 1.87. The number of H-pyrrole nitrogens is 1. The molecular weight excluding hydrogens is 280 g/mol. The molecule has 0 aliphatic rings. The van der Waals surface area contributed by atoms with Gasteiger partial charge in [-0.2, -0.15) is 9.40 Å². The minimum absolute atomic E-state index is 0.109. The summed E-state index contributed by atoms with van der Waals surface area (Å²) in [4.78, 5) is 0. The lowest BCUT2D eigenvalue weighted by molar-refractivity contribution is 0.396. The van der Waals surface area contributed by atoms with Crippen LogP contribution in [0, 0.1) is 6.92 Å². The van der Waals surface area contributed by atoms with Crippen LogP contribution >= 0.6 is 0 Å². The van der Waals surface area contributed by atoms with Gasteiger partial charge in [0.1, 0.15) is 11.5 Å². The number of aromatic amines is 1. The molecule has 0 bridgehead atoms. The van der Waals surface area contributed by atoms with Crippen LogP contribution in [0.2, 0.25) is 0 Å². The van der Waals surface area contributed by atoms with Crippen LogP contribution in [0.15, 0.2) is 27.8 Å². The Morgan fingerprint density at radius 1 is 1.45 bits per heavy atom. The Morgan fingerprint density at radius 3 is 2.80 bits per heavy atom. The summed E-state index contributed by atoms with van der Waals surface area (Å²) in [7, 11) is -0.362. The zero-order valence-corrected chi connectivity index (χ0v) is 12.5. The number of rotatable bonds is 6. The third-order valence-corrected chi connectivity index (χ3v) is 4.71. The largest absolute Gasteiger partial charge is 0.465 e. The summed E-state index contributed by atoms with van der Waals surface area (Å²) in [5, 5.41) is 9.38. The Labute approximate surface area is 118 Å². The Balaban J connectivity index is 2.22. The molecule has 2 heterocycles. The molecule has 20 heavy (non-hydrogen) atoms. The lowest BCUT2D eigenvalue weighted by atomic mass is 10.4. The first-order valence-corrected chi connectivity index (χ1v) is 7.57. The fourth-order valence-corrected chi connectivity index (χ4v) is 3.10. The van der Waals surface area contributed by atoms with Gasteiger partial charge in [0.2, 0.25) is 0 Å². The lowest BCUT2D eigenvalue weighted by Crippen LogP contribution is -2.28. The molecule has 0 unspecified atom stereocenters.